The Bertz CT molecular complexity index is 513. The van der Waals surface area contributed by atoms with E-state index in [9.17, 15) is 4.39 Å². The molecule has 1 saturated carbocycles. The van der Waals surface area contributed by atoms with Crippen LogP contribution in [0.15, 0.2) is 48.6 Å². The monoisotopic (exact) mass is 283 g/mol. The zero-order chi connectivity index (χ0) is 14.9. The van der Waals surface area contributed by atoms with Gasteiger partial charge in [-0.2, -0.15) is 5.26 Å². The first-order valence-corrected chi connectivity index (χ1v) is 7.76. The second-order valence-corrected chi connectivity index (χ2v) is 5.76. The van der Waals surface area contributed by atoms with Gasteiger partial charge in [-0.3, -0.25) is 0 Å². The molecule has 0 amide bonds. The van der Waals surface area contributed by atoms with Gasteiger partial charge in [0.2, 0.25) is 0 Å². The number of nitrogens with zero attached hydrogens (tertiary/aromatic N) is 1. The van der Waals surface area contributed by atoms with Gasteiger partial charge >= 0.3 is 0 Å². The van der Waals surface area contributed by atoms with Crippen LogP contribution in [0, 0.1) is 23.1 Å². The lowest BCUT2D eigenvalue weighted by Crippen LogP contribution is -2.13. The summed E-state index contributed by atoms with van der Waals surface area (Å²) < 4.78 is 12.9. The maximum absolute atomic E-state index is 12.9. The molecule has 1 nitrogen and oxygen atoms in total. The summed E-state index contributed by atoms with van der Waals surface area (Å²) in [6, 6.07) is 8.99. The topological polar surface area (TPSA) is 23.8 Å². The Hall–Kier alpha value is -1.88. The number of halogens is 1. The van der Waals surface area contributed by atoms with Crippen molar-refractivity contribution in [3.05, 3.63) is 60.0 Å². The lowest BCUT2D eigenvalue weighted by Gasteiger charge is -2.28. The van der Waals surface area contributed by atoms with Crippen LogP contribution >= 0.6 is 0 Å². The van der Waals surface area contributed by atoms with Crippen LogP contribution in [-0.4, -0.2) is 0 Å². The fraction of sp³-hybridized carbons (Fsp3) is 0.421. The predicted octanol–water partition coefficient (Wildman–Crippen LogP) is 5.52. The largest absolute Gasteiger partial charge is 0.207 e. The van der Waals surface area contributed by atoms with Gasteiger partial charge in [-0.05, 0) is 68.1 Å². The lowest BCUT2D eigenvalue weighted by atomic mass is 9.77. The molecule has 110 valence electrons. The molecule has 0 unspecified atom stereocenters. The van der Waals surface area contributed by atoms with Gasteiger partial charge in [-0.15, -0.1) is 0 Å². The van der Waals surface area contributed by atoms with Crippen LogP contribution in [0.1, 0.15) is 50.0 Å². The van der Waals surface area contributed by atoms with Crippen molar-refractivity contribution in [1.29, 1.82) is 5.26 Å². The lowest BCUT2D eigenvalue weighted by molar-refractivity contribution is 0.312. The first-order valence-electron chi connectivity index (χ1n) is 7.76. The quantitative estimate of drug-likeness (QED) is 0.516. The van der Waals surface area contributed by atoms with Crippen LogP contribution in [0.4, 0.5) is 4.39 Å². The molecule has 1 aliphatic rings. The smallest absolute Gasteiger partial charge is 0.123 e. The number of benzene rings is 1. The predicted molar refractivity (Wildman–Crippen MR) is 84.2 cm³/mol. The molecular weight excluding hydrogens is 261 g/mol. The number of hydrogen-bond acceptors (Lipinski definition) is 1. The van der Waals surface area contributed by atoms with Crippen molar-refractivity contribution in [2.75, 3.05) is 0 Å². The van der Waals surface area contributed by atoms with Gasteiger partial charge in [0.15, 0.2) is 0 Å². The summed E-state index contributed by atoms with van der Waals surface area (Å²) in [7, 11) is 0. The summed E-state index contributed by atoms with van der Waals surface area (Å²) in [6.45, 7) is 0. The van der Waals surface area contributed by atoms with Gasteiger partial charge in [-0.25, -0.2) is 4.39 Å². The molecule has 0 saturated heterocycles. The number of rotatable bonds is 5. The van der Waals surface area contributed by atoms with Crippen LogP contribution < -0.4 is 0 Å². The molecule has 0 heterocycles. The average Bonchev–Trinajstić information content (AvgIpc) is 2.52. The highest BCUT2D eigenvalue weighted by Crippen LogP contribution is 2.37. The highest BCUT2D eigenvalue weighted by molar-refractivity contribution is 5.20. The Morgan fingerprint density at radius 2 is 1.81 bits per heavy atom. The summed E-state index contributed by atoms with van der Waals surface area (Å²) in [5.41, 5.74) is 1.29. The van der Waals surface area contributed by atoms with E-state index in [1.165, 1.54) is 43.7 Å². The van der Waals surface area contributed by atoms with Crippen LogP contribution in [0.3, 0.4) is 0 Å². The van der Waals surface area contributed by atoms with Crippen LogP contribution in [0.2, 0.25) is 0 Å². The molecule has 0 spiro atoms. The molecule has 2 rings (SSSR count). The fourth-order valence-corrected chi connectivity index (χ4v) is 3.12. The van der Waals surface area contributed by atoms with Crippen LogP contribution in [-0.2, 0) is 0 Å². The van der Waals surface area contributed by atoms with E-state index in [1.54, 1.807) is 18.2 Å². The zero-order valence-corrected chi connectivity index (χ0v) is 12.3. The van der Waals surface area contributed by atoms with Crippen molar-refractivity contribution in [2.45, 2.75) is 44.4 Å². The Labute approximate surface area is 126 Å². The van der Waals surface area contributed by atoms with Gasteiger partial charge in [0, 0.05) is 6.08 Å². The van der Waals surface area contributed by atoms with E-state index in [4.69, 9.17) is 5.26 Å². The Morgan fingerprint density at radius 3 is 2.48 bits per heavy atom. The Balaban J connectivity index is 1.71. The number of allylic oxidation sites excluding steroid dienone is 4. The van der Waals surface area contributed by atoms with Crippen molar-refractivity contribution in [3.8, 4) is 6.07 Å². The van der Waals surface area contributed by atoms with Crippen molar-refractivity contribution < 1.29 is 4.39 Å². The fourth-order valence-electron chi connectivity index (χ4n) is 3.12. The Morgan fingerprint density at radius 1 is 1.10 bits per heavy atom. The summed E-state index contributed by atoms with van der Waals surface area (Å²) in [4.78, 5) is 0. The van der Waals surface area contributed by atoms with E-state index >= 15 is 0 Å². The van der Waals surface area contributed by atoms with Crippen molar-refractivity contribution in [2.24, 2.45) is 5.92 Å². The molecule has 2 heteroatoms. The molecule has 1 fully saturated rings. The third-order valence-electron chi connectivity index (χ3n) is 4.35. The molecule has 0 atom stereocenters. The molecule has 0 N–H and O–H groups in total. The summed E-state index contributed by atoms with van der Waals surface area (Å²) in [5.74, 6) is 1.27. The highest BCUT2D eigenvalue weighted by Gasteiger charge is 2.21. The molecule has 0 radical (unpaired) electrons. The third-order valence-corrected chi connectivity index (χ3v) is 4.35. The van der Waals surface area contributed by atoms with E-state index in [-0.39, 0.29) is 5.82 Å². The molecule has 0 aromatic heterocycles. The standard InChI is InChI=1S/C19H22FN/c20-19-13-11-18(12-14-19)17-9-7-16(8-10-17)6-4-2-1-3-5-15-21/h1-3,5,11-14,16-17H,4,6-10H2/b2-1+,5-3+. The molecule has 21 heavy (non-hydrogen) atoms. The second kappa shape index (κ2) is 8.42. The summed E-state index contributed by atoms with van der Waals surface area (Å²) in [5, 5.41) is 8.37. The minimum Gasteiger partial charge on any atom is -0.207 e. The van der Waals surface area contributed by atoms with Gasteiger partial charge < -0.3 is 0 Å². The highest BCUT2D eigenvalue weighted by atomic mass is 19.1. The van der Waals surface area contributed by atoms with E-state index in [0.717, 1.165) is 12.3 Å². The third kappa shape index (κ3) is 5.19. The maximum atomic E-state index is 12.9. The Kier molecular flexibility index (Phi) is 6.22. The minimum atomic E-state index is -0.148. The van der Waals surface area contributed by atoms with Gasteiger partial charge in [0.25, 0.3) is 0 Å². The first-order chi connectivity index (χ1) is 10.3. The minimum absolute atomic E-state index is 0.148. The number of hydrogen-bond donors (Lipinski definition) is 0. The SMILES string of the molecule is N#C/C=C/C=C/CCC1CCC(c2ccc(F)cc2)CC1. The second-order valence-electron chi connectivity index (χ2n) is 5.76. The van der Waals surface area contributed by atoms with Gasteiger partial charge in [0.05, 0.1) is 6.07 Å². The van der Waals surface area contributed by atoms with Crippen molar-refractivity contribution in [1.82, 2.24) is 0 Å². The van der Waals surface area contributed by atoms with Crippen molar-refractivity contribution >= 4 is 0 Å². The molecule has 0 bridgehead atoms. The summed E-state index contributed by atoms with van der Waals surface area (Å²) >= 11 is 0. The molecular formula is C19H22FN. The normalized spacial score (nSPS) is 22.7. The summed E-state index contributed by atoms with van der Waals surface area (Å²) in [6.07, 6.45) is 14.6. The van der Waals surface area contributed by atoms with Gasteiger partial charge in [0.1, 0.15) is 5.82 Å². The molecule has 1 aromatic rings. The van der Waals surface area contributed by atoms with Crippen LogP contribution in [0.25, 0.3) is 0 Å². The maximum Gasteiger partial charge on any atom is 0.123 e. The molecule has 1 aliphatic carbocycles. The van der Waals surface area contributed by atoms with Crippen molar-refractivity contribution in [3.63, 3.8) is 0 Å². The molecule has 1 aromatic carbocycles. The van der Waals surface area contributed by atoms with E-state index < -0.39 is 0 Å². The van der Waals surface area contributed by atoms with Crippen LogP contribution in [0.5, 0.6) is 0 Å². The average molecular weight is 283 g/mol. The van der Waals surface area contributed by atoms with E-state index in [1.807, 2.05) is 24.3 Å². The van der Waals surface area contributed by atoms with E-state index in [0.29, 0.717) is 5.92 Å². The molecule has 0 aliphatic heterocycles. The van der Waals surface area contributed by atoms with E-state index in [2.05, 4.69) is 6.08 Å². The first kappa shape index (κ1) is 15.5. The zero-order valence-electron chi connectivity index (χ0n) is 12.3. The number of nitriles is 1. The van der Waals surface area contributed by atoms with Gasteiger partial charge in [-0.1, -0.05) is 30.4 Å².